The predicted octanol–water partition coefficient (Wildman–Crippen LogP) is 2.36. The maximum atomic E-state index is 12.8. The Balaban J connectivity index is 1.64. The first-order valence-electron chi connectivity index (χ1n) is 7.48. The summed E-state index contributed by atoms with van der Waals surface area (Å²) in [6, 6.07) is 6.51. The molecule has 0 unspecified atom stereocenters. The molecule has 1 saturated heterocycles. The van der Waals surface area contributed by atoms with Gasteiger partial charge < -0.3 is 10.2 Å². The number of carbonyl (C=O) groups is 1. The molecule has 1 heterocycles. The van der Waals surface area contributed by atoms with Crippen molar-refractivity contribution in [3.8, 4) is 0 Å². The van der Waals surface area contributed by atoms with Crippen LogP contribution in [0.15, 0.2) is 24.3 Å². The summed E-state index contributed by atoms with van der Waals surface area (Å²) in [5.74, 6) is -0.0101. The normalized spacial score (nSPS) is 15.9. The summed E-state index contributed by atoms with van der Waals surface area (Å²) in [7, 11) is 0. The van der Waals surface area contributed by atoms with E-state index < -0.39 is 0 Å². The lowest BCUT2D eigenvalue weighted by Gasteiger charge is -2.20. The molecule has 1 aromatic carbocycles. The molecule has 0 saturated carbocycles. The zero-order valence-electron chi connectivity index (χ0n) is 11.9. The minimum absolute atomic E-state index is 0.200. The lowest BCUT2D eigenvalue weighted by Crippen LogP contribution is -2.39. The number of amides is 1. The first kappa shape index (κ1) is 15.0. The molecule has 1 N–H and O–H groups in total. The SMILES string of the molecule is O=C(CNCCc1ccc(F)cc1)N1CCCCCC1. The van der Waals surface area contributed by atoms with Crippen LogP contribution in [-0.4, -0.2) is 37.0 Å². The molecule has 1 fully saturated rings. The van der Waals surface area contributed by atoms with Gasteiger partial charge >= 0.3 is 0 Å². The van der Waals surface area contributed by atoms with E-state index >= 15 is 0 Å². The Kier molecular flexibility index (Phi) is 5.99. The number of benzene rings is 1. The molecule has 1 amide bonds. The number of nitrogens with one attached hydrogen (secondary N) is 1. The van der Waals surface area contributed by atoms with Gasteiger partial charge in [-0.1, -0.05) is 25.0 Å². The first-order chi connectivity index (χ1) is 9.75. The van der Waals surface area contributed by atoms with Crippen LogP contribution in [0.2, 0.25) is 0 Å². The van der Waals surface area contributed by atoms with Crippen LogP contribution in [0.3, 0.4) is 0 Å². The Bertz CT molecular complexity index is 411. The number of hydrogen-bond donors (Lipinski definition) is 1. The van der Waals surface area contributed by atoms with Crippen LogP contribution in [0.1, 0.15) is 31.2 Å². The zero-order chi connectivity index (χ0) is 14.2. The van der Waals surface area contributed by atoms with E-state index in [4.69, 9.17) is 0 Å². The minimum Gasteiger partial charge on any atom is -0.342 e. The van der Waals surface area contributed by atoms with Gasteiger partial charge in [-0.3, -0.25) is 4.79 Å². The van der Waals surface area contributed by atoms with Gasteiger partial charge in [0.2, 0.25) is 5.91 Å². The average Bonchev–Trinajstić information content (AvgIpc) is 2.74. The third-order valence-corrected chi connectivity index (χ3v) is 3.74. The maximum Gasteiger partial charge on any atom is 0.236 e. The highest BCUT2D eigenvalue weighted by Crippen LogP contribution is 2.09. The Hall–Kier alpha value is -1.42. The standard InChI is InChI=1S/C16H23FN2O/c17-15-7-5-14(6-8-15)9-10-18-13-16(20)19-11-3-1-2-4-12-19/h5-8,18H,1-4,9-13H2. The highest BCUT2D eigenvalue weighted by molar-refractivity contribution is 5.78. The van der Waals surface area contributed by atoms with Crippen LogP contribution in [0.5, 0.6) is 0 Å². The number of hydrogen-bond acceptors (Lipinski definition) is 2. The van der Waals surface area contributed by atoms with Crippen molar-refractivity contribution in [1.82, 2.24) is 10.2 Å². The molecule has 110 valence electrons. The molecule has 2 rings (SSSR count). The van der Waals surface area contributed by atoms with Crippen molar-refractivity contribution >= 4 is 5.91 Å². The summed E-state index contributed by atoms with van der Waals surface area (Å²) >= 11 is 0. The Morgan fingerprint density at radius 2 is 1.75 bits per heavy atom. The Morgan fingerprint density at radius 1 is 1.10 bits per heavy atom. The smallest absolute Gasteiger partial charge is 0.236 e. The van der Waals surface area contributed by atoms with Gasteiger partial charge in [-0.05, 0) is 43.5 Å². The van der Waals surface area contributed by atoms with Crippen molar-refractivity contribution in [2.45, 2.75) is 32.1 Å². The van der Waals surface area contributed by atoms with E-state index in [0.29, 0.717) is 6.54 Å². The third-order valence-electron chi connectivity index (χ3n) is 3.74. The van der Waals surface area contributed by atoms with Crippen LogP contribution < -0.4 is 5.32 Å². The van der Waals surface area contributed by atoms with Crippen LogP contribution >= 0.6 is 0 Å². The van der Waals surface area contributed by atoms with Crippen LogP contribution in [-0.2, 0) is 11.2 Å². The second-order valence-electron chi connectivity index (χ2n) is 5.35. The molecule has 3 nitrogen and oxygen atoms in total. The van der Waals surface area contributed by atoms with Gasteiger partial charge in [0.1, 0.15) is 5.82 Å². The molecule has 1 aliphatic heterocycles. The van der Waals surface area contributed by atoms with E-state index in [1.54, 1.807) is 12.1 Å². The van der Waals surface area contributed by atoms with E-state index in [1.165, 1.54) is 25.0 Å². The van der Waals surface area contributed by atoms with Crippen molar-refractivity contribution in [3.05, 3.63) is 35.6 Å². The minimum atomic E-state index is -0.210. The zero-order valence-corrected chi connectivity index (χ0v) is 11.9. The summed E-state index contributed by atoms with van der Waals surface area (Å²) in [6.07, 6.45) is 5.54. The molecule has 0 atom stereocenters. The van der Waals surface area contributed by atoms with Gasteiger partial charge in [0.25, 0.3) is 0 Å². The molecule has 1 aromatic rings. The van der Waals surface area contributed by atoms with Gasteiger partial charge in [0, 0.05) is 13.1 Å². The number of carbonyl (C=O) groups excluding carboxylic acids is 1. The quantitative estimate of drug-likeness (QED) is 0.839. The fraction of sp³-hybridized carbons (Fsp3) is 0.562. The second-order valence-corrected chi connectivity index (χ2v) is 5.35. The fourth-order valence-corrected chi connectivity index (χ4v) is 2.51. The maximum absolute atomic E-state index is 12.8. The lowest BCUT2D eigenvalue weighted by atomic mass is 10.1. The second kappa shape index (κ2) is 8.00. The first-order valence-corrected chi connectivity index (χ1v) is 7.48. The summed E-state index contributed by atoms with van der Waals surface area (Å²) in [6.45, 7) is 2.95. The molecular formula is C16H23FN2O. The fourth-order valence-electron chi connectivity index (χ4n) is 2.51. The number of nitrogens with zero attached hydrogens (tertiary/aromatic N) is 1. The summed E-state index contributed by atoms with van der Waals surface area (Å²) < 4.78 is 12.8. The van der Waals surface area contributed by atoms with Gasteiger partial charge in [-0.2, -0.15) is 0 Å². The van der Waals surface area contributed by atoms with Crippen molar-refractivity contribution < 1.29 is 9.18 Å². The summed E-state index contributed by atoms with van der Waals surface area (Å²) in [5, 5.41) is 3.18. The molecule has 4 heteroatoms. The van der Waals surface area contributed by atoms with Crippen molar-refractivity contribution in [2.24, 2.45) is 0 Å². The number of rotatable bonds is 5. The van der Waals surface area contributed by atoms with Crippen LogP contribution in [0, 0.1) is 5.82 Å². The highest BCUT2D eigenvalue weighted by atomic mass is 19.1. The third kappa shape index (κ3) is 4.93. The highest BCUT2D eigenvalue weighted by Gasteiger charge is 2.14. The van der Waals surface area contributed by atoms with E-state index in [-0.39, 0.29) is 11.7 Å². The molecular weight excluding hydrogens is 255 g/mol. The van der Waals surface area contributed by atoms with E-state index in [1.807, 2.05) is 4.90 Å². The molecule has 0 aromatic heterocycles. The van der Waals surface area contributed by atoms with Crippen LogP contribution in [0.25, 0.3) is 0 Å². The molecule has 0 aliphatic carbocycles. The van der Waals surface area contributed by atoms with E-state index in [0.717, 1.165) is 44.5 Å². The largest absolute Gasteiger partial charge is 0.342 e. The van der Waals surface area contributed by atoms with Crippen molar-refractivity contribution in [2.75, 3.05) is 26.2 Å². The Labute approximate surface area is 120 Å². The van der Waals surface area contributed by atoms with Crippen LogP contribution in [0.4, 0.5) is 4.39 Å². The van der Waals surface area contributed by atoms with E-state index in [2.05, 4.69) is 5.32 Å². The molecule has 0 bridgehead atoms. The van der Waals surface area contributed by atoms with E-state index in [9.17, 15) is 9.18 Å². The van der Waals surface area contributed by atoms with Gasteiger partial charge in [0.05, 0.1) is 6.54 Å². The number of likely N-dealkylation sites (tertiary alicyclic amines) is 1. The van der Waals surface area contributed by atoms with Crippen molar-refractivity contribution in [3.63, 3.8) is 0 Å². The van der Waals surface area contributed by atoms with Gasteiger partial charge in [0.15, 0.2) is 0 Å². The Morgan fingerprint density at radius 3 is 2.40 bits per heavy atom. The summed E-state index contributed by atoms with van der Waals surface area (Å²) in [4.78, 5) is 14.0. The molecule has 1 aliphatic rings. The topological polar surface area (TPSA) is 32.3 Å². The number of halogens is 1. The molecule has 0 radical (unpaired) electrons. The molecule has 0 spiro atoms. The monoisotopic (exact) mass is 278 g/mol. The van der Waals surface area contributed by atoms with Gasteiger partial charge in [-0.15, -0.1) is 0 Å². The average molecular weight is 278 g/mol. The van der Waals surface area contributed by atoms with Gasteiger partial charge in [-0.25, -0.2) is 4.39 Å². The lowest BCUT2D eigenvalue weighted by molar-refractivity contribution is -0.130. The predicted molar refractivity (Wildman–Crippen MR) is 78.0 cm³/mol. The van der Waals surface area contributed by atoms with Crippen molar-refractivity contribution in [1.29, 1.82) is 0 Å². The molecule has 20 heavy (non-hydrogen) atoms. The summed E-state index contributed by atoms with van der Waals surface area (Å²) in [5.41, 5.74) is 1.08.